The van der Waals surface area contributed by atoms with Gasteiger partial charge >= 0.3 is 0 Å². The van der Waals surface area contributed by atoms with Crippen LogP contribution in [0.25, 0.3) is 0 Å². The topological polar surface area (TPSA) is 0 Å². The molecule has 0 saturated carbocycles. The lowest BCUT2D eigenvalue weighted by Crippen LogP contribution is -1.97. The molecule has 1 unspecified atom stereocenters. The lowest BCUT2D eigenvalue weighted by molar-refractivity contribution is 0.583. The molecule has 14 heavy (non-hydrogen) atoms. The summed E-state index contributed by atoms with van der Waals surface area (Å²) in [5.74, 6) is 0. The lowest BCUT2D eigenvalue weighted by atomic mass is 10.1. The third-order valence-corrected chi connectivity index (χ3v) is 4.78. The van der Waals surface area contributed by atoms with Crippen LogP contribution in [0.1, 0.15) is 51.4 Å². The van der Waals surface area contributed by atoms with Crippen molar-refractivity contribution >= 4 is 31.9 Å². The molecular weight excluding hydrogens is 304 g/mol. The lowest BCUT2D eigenvalue weighted by Gasteiger charge is -2.04. The fourth-order valence-electron chi connectivity index (χ4n) is 1.44. The second-order valence-electron chi connectivity index (χ2n) is 3.74. The van der Waals surface area contributed by atoms with E-state index in [1.165, 1.54) is 51.4 Å². The van der Waals surface area contributed by atoms with Crippen LogP contribution in [0.2, 0.25) is 0 Å². The zero-order valence-electron chi connectivity index (χ0n) is 8.98. The van der Waals surface area contributed by atoms with Crippen molar-refractivity contribution in [3.8, 4) is 0 Å². The highest BCUT2D eigenvalue weighted by Gasteiger charge is 2.00. The molecule has 0 saturated heterocycles. The minimum atomic E-state index is 0.670. The summed E-state index contributed by atoms with van der Waals surface area (Å²) >= 11 is 7.09. The van der Waals surface area contributed by atoms with Crippen molar-refractivity contribution < 1.29 is 0 Å². The molecule has 0 nitrogen and oxygen atoms in total. The highest BCUT2D eigenvalue weighted by Crippen LogP contribution is 2.14. The summed E-state index contributed by atoms with van der Waals surface area (Å²) in [4.78, 5) is 0.670. The molecule has 0 heterocycles. The van der Waals surface area contributed by atoms with E-state index < -0.39 is 0 Å². The molecule has 84 valence electrons. The highest BCUT2D eigenvalue weighted by atomic mass is 79.9. The van der Waals surface area contributed by atoms with Crippen molar-refractivity contribution in [2.24, 2.45) is 0 Å². The van der Waals surface area contributed by atoms with Gasteiger partial charge in [-0.25, -0.2) is 0 Å². The molecule has 0 aliphatic heterocycles. The molecule has 0 aromatic rings. The molecular formula is C12H22Br2. The van der Waals surface area contributed by atoms with Gasteiger partial charge in [0.15, 0.2) is 0 Å². The maximum Gasteiger partial charge on any atom is 0.0242 e. The molecule has 0 N–H and O–H groups in total. The van der Waals surface area contributed by atoms with E-state index in [0.717, 1.165) is 5.33 Å². The summed E-state index contributed by atoms with van der Waals surface area (Å²) in [6, 6.07) is 0. The third-order valence-electron chi connectivity index (χ3n) is 2.34. The van der Waals surface area contributed by atoms with Crippen LogP contribution in [-0.4, -0.2) is 10.2 Å². The Morgan fingerprint density at radius 1 is 1.00 bits per heavy atom. The summed E-state index contributed by atoms with van der Waals surface area (Å²) < 4.78 is 0. The Bertz CT molecular complexity index is 123. The van der Waals surface area contributed by atoms with Crippen LogP contribution in [0.5, 0.6) is 0 Å². The van der Waals surface area contributed by atoms with Gasteiger partial charge in [-0.1, -0.05) is 70.0 Å². The molecule has 0 aromatic heterocycles. The molecule has 1 atom stereocenters. The van der Waals surface area contributed by atoms with Gasteiger partial charge in [-0.15, -0.1) is 6.58 Å². The Labute approximate surface area is 106 Å². The Balaban J connectivity index is 2.95. The summed E-state index contributed by atoms with van der Waals surface area (Å²) in [5, 5.41) is 1.08. The molecule has 0 spiro atoms. The van der Waals surface area contributed by atoms with Crippen LogP contribution in [0.4, 0.5) is 0 Å². The van der Waals surface area contributed by atoms with Gasteiger partial charge in [-0.3, -0.25) is 0 Å². The zero-order valence-corrected chi connectivity index (χ0v) is 12.2. The standard InChI is InChI=1S/C12H22Br2/c1-2-3-4-5-6-7-8-9-10-12(14)11-13/h2,12H,1,3-11H2. The smallest absolute Gasteiger partial charge is 0.0242 e. The second kappa shape index (κ2) is 11.8. The van der Waals surface area contributed by atoms with Gasteiger partial charge in [0.1, 0.15) is 0 Å². The van der Waals surface area contributed by atoms with E-state index in [0.29, 0.717) is 4.83 Å². The monoisotopic (exact) mass is 324 g/mol. The first kappa shape index (κ1) is 14.7. The number of unbranched alkanes of at least 4 members (excludes halogenated alkanes) is 6. The number of halogens is 2. The predicted octanol–water partition coefficient (Wildman–Crippen LogP) is 5.45. The van der Waals surface area contributed by atoms with Crippen LogP contribution in [0.3, 0.4) is 0 Å². The number of rotatable bonds is 10. The van der Waals surface area contributed by atoms with Gasteiger partial charge < -0.3 is 0 Å². The van der Waals surface area contributed by atoms with E-state index in [9.17, 15) is 0 Å². The summed E-state index contributed by atoms with van der Waals surface area (Å²) in [7, 11) is 0. The maximum atomic E-state index is 3.73. The van der Waals surface area contributed by atoms with Crippen LogP contribution in [0, 0.1) is 0 Å². The van der Waals surface area contributed by atoms with E-state index in [1.807, 2.05) is 6.08 Å². The Morgan fingerprint density at radius 3 is 2.14 bits per heavy atom. The minimum absolute atomic E-state index is 0.670. The van der Waals surface area contributed by atoms with Gasteiger partial charge in [0.25, 0.3) is 0 Å². The summed E-state index contributed by atoms with van der Waals surface area (Å²) in [6.07, 6.45) is 12.8. The number of hydrogen-bond donors (Lipinski definition) is 0. The SMILES string of the molecule is C=CCCCCCCCCC(Br)CBr. The normalized spacial score (nSPS) is 12.7. The van der Waals surface area contributed by atoms with Crippen LogP contribution in [-0.2, 0) is 0 Å². The Hall–Kier alpha value is 0.700. The average Bonchev–Trinajstić information content (AvgIpc) is 2.21. The molecule has 0 rings (SSSR count). The fourth-order valence-corrected chi connectivity index (χ4v) is 2.09. The zero-order chi connectivity index (χ0) is 10.6. The molecule has 0 fully saturated rings. The van der Waals surface area contributed by atoms with Gasteiger partial charge in [0.05, 0.1) is 0 Å². The van der Waals surface area contributed by atoms with Crippen LogP contribution < -0.4 is 0 Å². The van der Waals surface area contributed by atoms with Crippen molar-refractivity contribution in [3.63, 3.8) is 0 Å². The molecule has 2 heteroatoms. The first-order chi connectivity index (χ1) is 6.81. The molecule has 0 bridgehead atoms. The van der Waals surface area contributed by atoms with Crippen molar-refractivity contribution in [1.82, 2.24) is 0 Å². The van der Waals surface area contributed by atoms with Gasteiger partial charge in [0, 0.05) is 10.2 Å². The van der Waals surface area contributed by atoms with E-state index in [2.05, 4.69) is 38.4 Å². The Morgan fingerprint density at radius 2 is 1.57 bits per heavy atom. The minimum Gasteiger partial charge on any atom is -0.103 e. The number of allylic oxidation sites excluding steroid dienone is 1. The van der Waals surface area contributed by atoms with Gasteiger partial charge in [-0.05, 0) is 19.3 Å². The Kier molecular flexibility index (Phi) is 12.4. The van der Waals surface area contributed by atoms with Crippen LogP contribution in [0.15, 0.2) is 12.7 Å². The van der Waals surface area contributed by atoms with E-state index in [-0.39, 0.29) is 0 Å². The highest BCUT2D eigenvalue weighted by molar-refractivity contribution is 9.12. The second-order valence-corrected chi connectivity index (χ2v) is 5.68. The molecule has 0 aliphatic rings. The van der Waals surface area contributed by atoms with Gasteiger partial charge in [0.2, 0.25) is 0 Å². The van der Waals surface area contributed by atoms with Gasteiger partial charge in [-0.2, -0.15) is 0 Å². The van der Waals surface area contributed by atoms with E-state index in [4.69, 9.17) is 0 Å². The molecule has 0 aromatic carbocycles. The first-order valence-electron chi connectivity index (χ1n) is 5.62. The molecule has 0 amide bonds. The van der Waals surface area contributed by atoms with Crippen molar-refractivity contribution in [2.75, 3.05) is 5.33 Å². The van der Waals surface area contributed by atoms with Crippen molar-refractivity contribution in [3.05, 3.63) is 12.7 Å². The number of hydrogen-bond acceptors (Lipinski definition) is 0. The van der Waals surface area contributed by atoms with E-state index >= 15 is 0 Å². The fraction of sp³-hybridized carbons (Fsp3) is 0.833. The van der Waals surface area contributed by atoms with E-state index in [1.54, 1.807) is 0 Å². The molecule has 0 radical (unpaired) electrons. The average molecular weight is 326 g/mol. The summed E-state index contributed by atoms with van der Waals surface area (Å²) in [6.45, 7) is 3.73. The summed E-state index contributed by atoms with van der Waals surface area (Å²) in [5.41, 5.74) is 0. The maximum absolute atomic E-state index is 3.73. The predicted molar refractivity (Wildman–Crippen MR) is 73.6 cm³/mol. The largest absolute Gasteiger partial charge is 0.103 e. The first-order valence-corrected chi connectivity index (χ1v) is 7.66. The number of alkyl halides is 2. The quantitative estimate of drug-likeness (QED) is 0.284. The third kappa shape index (κ3) is 10.8. The van der Waals surface area contributed by atoms with Crippen molar-refractivity contribution in [1.29, 1.82) is 0 Å². The van der Waals surface area contributed by atoms with Crippen LogP contribution >= 0.6 is 31.9 Å². The molecule has 0 aliphatic carbocycles. The van der Waals surface area contributed by atoms with Crippen molar-refractivity contribution in [2.45, 2.75) is 56.2 Å².